The van der Waals surface area contributed by atoms with Gasteiger partial charge in [0.2, 0.25) is 11.0 Å². The number of hydrogen-bond donors (Lipinski definition) is 0. The molecule has 0 saturated carbocycles. The summed E-state index contributed by atoms with van der Waals surface area (Å²) in [6.07, 6.45) is 0.915. The summed E-state index contributed by atoms with van der Waals surface area (Å²) in [5, 5.41) is 0.782. The molecule has 3 aromatic rings. The smallest absolute Gasteiger partial charge is 0.224 e. The topological polar surface area (TPSA) is 52.6 Å². The predicted octanol–water partition coefficient (Wildman–Crippen LogP) is 4.36. The molecule has 1 aliphatic heterocycles. The van der Waals surface area contributed by atoms with Crippen LogP contribution in [0, 0.1) is 11.6 Å². The first-order valence-electron chi connectivity index (χ1n) is 11.5. The molecule has 2 heterocycles. The molecule has 1 fully saturated rings. The maximum absolute atomic E-state index is 14.1. The molecule has 0 atom stereocenters. The number of piperazine rings is 1. The van der Waals surface area contributed by atoms with Gasteiger partial charge in [0.1, 0.15) is 17.5 Å². The molecule has 4 rings (SSSR count). The fourth-order valence-electron chi connectivity index (χ4n) is 4.07. The third-order valence-corrected chi connectivity index (χ3v) is 6.79. The molecule has 0 N–H and O–H groups in total. The van der Waals surface area contributed by atoms with Crippen molar-refractivity contribution in [2.45, 2.75) is 32.7 Å². The Bertz CT molecular complexity index is 1100. The summed E-state index contributed by atoms with van der Waals surface area (Å²) in [6.45, 7) is 7.07. The summed E-state index contributed by atoms with van der Waals surface area (Å²) in [5.74, 6) is 0.286. The Kier molecular flexibility index (Phi) is 7.72. The van der Waals surface area contributed by atoms with Gasteiger partial charge < -0.3 is 14.7 Å². The number of carbonyl (C=O) groups is 1. The highest BCUT2D eigenvalue weighted by Crippen LogP contribution is 2.23. The van der Waals surface area contributed by atoms with Crippen LogP contribution in [0.15, 0.2) is 48.5 Å². The molecule has 0 unspecified atom stereocenters. The van der Waals surface area contributed by atoms with Crippen LogP contribution in [0.1, 0.15) is 31.7 Å². The predicted molar refractivity (Wildman–Crippen MR) is 131 cm³/mol. The average molecular weight is 486 g/mol. The number of rotatable bonds is 8. The minimum absolute atomic E-state index is 0.0925. The second kappa shape index (κ2) is 10.9. The van der Waals surface area contributed by atoms with Gasteiger partial charge in [0.15, 0.2) is 0 Å². The van der Waals surface area contributed by atoms with Gasteiger partial charge >= 0.3 is 0 Å². The number of para-hydroxylation sites is 1. The molecule has 9 heteroatoms. The standard InChI is InChI=1S/C25H29F2N5OS/c1-18(2)32(25-28-23(29-34-25)17-19-7-9-20(26)10-8-19)12-11-24(33)31-15-13-30(14-16-31)22-6-4-3-5-21(22)27/h3-10,18H,11-17H2,1-2H3. The SMILES string of the molecule is CC(C)N(CCC(=O)N1CCN(c2ccccc2F)CC1)c1nc(Cc2ccc(F)cc2)ns1. The third-order valence-electron chi connectivity index (χ3n) is 5.99. The van der Waals surface area contributed by atoms with Gasteiger partial charge in [-0.2, -0.15) is 4.37 Å². The van der Waals surface area contributed by atoms with Crippen LogP contribution in [0.25, 0.3) is 0 Å². The highest BCUT2D eigenvalue weighted by molar-refractivity contribution is 7.09. The zero-order valence-electron chi connectivity index (χ0n) is 19.5. The summed E-state index contributed by atoms with van der Waals surface area (Å²) in [4.78, 5) is 23.5. The van der Waals surface area contributed by atoms with E-state index in [1.807, 2.05) is 15.9 Å². The maximum atomic E-state index is 14.1. The number of halogens is 2. The zero-order valence-corrected chi connectivity index (χ0v) is 20.3. The molecule has 1 aromatic heterocycles. The second-order valence-electron chi connectivity index (χ2n) is 8.65. The van der Waals surface area contributed by atoms with Crippen LogP contribution in [-0.2, 0) is 11.2 Å². The first kappa shape index (κ1) is 24.1. The molecule has 6 nitrogen and oxygen atoms in total. The average Bonchev–Trinajstić information content (AvgIpc) is 3.29. The fourth-order valence-corrected chi connectivity index (χ4v) is 4.92. The van der Waals surface area contributed by atoms with Crippen LogP contribution in [-0.4, -0.2) is 58.9 Å². The number of benzene rings is 2. The molecule has 1 aliphatic rings. The maximum Gasteiger partial charge on any atom is 0.224 e. The van der Waals surface area contributed by atoms with E-state index in [0.29, 0.717) is 57.1 Å². The van der Waals surface area contributed by atoms with Gasteiger partial charge in [-0.05, 0) is 43.7 Å². The van der Waals surface area contributed by atoms with Gasteiger partial charge in [0.05, 0.1) is 5.69 Å². The molecular formula is C25H29F2N5OS. The summed E-state index contributed by atoms with van der Waals surface area (Å²) >= 11 is 1.32. The van der Waals surface area contributed by atoms with E-state index in [9.17, 15) is 13.6 Å². The largest absolute Gasteiger partial charge is 0.366 e. The number of aromatic nitrogens is 2. The third kappa shape index (κ3) is 5.88. The van der Waals surface area contributed by atoms with E-state index < -0.39 is 0 Å². The van der Waals surface area contributed by atoms with Crippen LogP contribution in [0.4, 0.5) is 19.6 Å². The lowest BCUT2D eigenvalue weighted by Gasteiger charge is -2.36. The molecule has 0 bridgehead atoms. The number of carbonyl (C=O) groups excluding carboxylic acids is 1. The van der Waals surface area contributed by atoms with E-state index in [0.717, 1.165) is 10.7 Å². The van der Waals surface area contributed by atoms with E-state index >= 15 is 0 Å². The fraction of sp³-hybridized carbons (Fsp3) is 0.400. The molecular weight excluding hydrogens is 456 g/mol. The summed E-state index contributed by atoms with van der Waals surface area (Å²) < 4.78 is 31.7. The van der Waals surface area contributed by atoms with Crippen LogP contribution in [0.2, 0.25) is 0 Å². The van der Waals surface area contributed by atoms with Crippen molar-refractivity contribution < 1.29 is 13.6 Å². The quantitative estimate of drug-likeness (QED) is 0.475. The van der Waals surface area contributed by atoms with Crippen molar-refractivity contribution in [2.75, 3.05) is 42.5 Å². The highest BCUT2D eigenvalue weighted by Gasteiger charge is 2.24. The molecule has 180 valence electrons. The Morgan fingerprint density at radius 2 is 1.76 bits per heavy atom. The zero-order chi connectivity index (χ0) is 24.1. The number of nitrogens with zero attached hydrogens (tertiary/aromatic N) is 5. The summed E-state index contributed by atoms with van der Waals surface area (Å²) in [5.41, 5.74) is 1.54. The normalized spacial score (nSPS) is 14.0. The van der Waals surface area contributed by atoms with Crippen molar-refractivity contribution in [2.24, 2.45) is 0 Å². The van der Waals surface area contributed by atoms with Crippen LogP contribution >= 0.6 is 11.5 Å². The Morgan fingerprint density at radius 3 is 2.44 bits per heavy atom. The van der Waals surface area contributed by atoms with Crippen LogP contribution < -0.4 is 9.80 Å². The van der Waals surface area contributed by atoms with Crippen molar-refractivity contribution in [1.82, 2.24) is 14.3 Å². The molecule has 0 aliphatic carbocycles. The Labute approximate surface area is 203 Å². The van der Waals surface area contributed by atoms with Gasteiger partial charge in [0, 0.05) is 63.1 Å². The van der Waals surface area contributed by atoms with E-state index in [-0.39, 0.29) is 23.6 Å². The molecule has 1 saturated heterocycles. The van der Waals surface area contributed by atoms with Crippen molar-refractivity contribution in [3.8, 4) is 0 Å². The van der Waals surface area contributed by atoms with Crippen molar-refractivity contribution in [1.29, 1.82) is 0 Å². The molecule has 34 heavy (non-hydrogen) atoms. The first-order chi connectivity index (χ1) is 16.4. The molecule has 0 spiro atoms. The molecule has 0 radical (unpaired) electrons. The first-order valence-corrected chi connectivity index (χ1v) is 12.3. The lowest BCUT2D eigenvalue weighted by atomic mass is 10.1. The van der Waals surface area contributed by atoms with Crippen molar-refractivity contribution in [3.05, 3.63) is 71.6 Å². The lowest BCUT2D eigenvalue weighted by molar-refractivity contribution is -0.131. The van der Waals surface area contributed by atoms with E-state index in [1.54, 1.807) is 24.3 Å². The Hall–Kier alpha value is -3.07. The van der Waals surface area contributed by atoms with E-state index in [2.05, 4.69) is 28.1 Å². The lowest BCUT2D eigenvalue weighted by Crippen LogP contribution is -2.49. The highest BCUT2D eigenvalue weighted by atomic mass is 32.1. The Balaban J connectivity index is 1.31. The Morgan fingerprint density at radius 1 is 1.06 bits per heavy atom. The van der Waals surface area contributed by atoms with Gasteiger partial charge in [-0.25, -0.2) is 13.8 Å². The van der Waals surface area contributed by atoms with Gasteiger partial charge in [0.25, 0.3) is 0 Å². The van der Waals surface area contributed by atoms with Crippen LogP contribution in [0.5, 0.6) is 0 Å². The van der Waals surface area contributed by atoms with Crippen LogP contribution in [0.3, 0.4) is 0 Å². The van der Waals surface area contributed by atoms with Gasteiger partial charge in [-0.15, -0.1) is 0 Å². The van der Waals surface area contributed by atoms with Gasteiger partial charge in [-0.3, -0.25) is 4.79 Å². The molecule has 1 amide bonds. The molecule has 2 aromatic carbocycles. The number of amides is 1. The number of hydrogen-bond acceptors (Lipinski definition) is 6. The number of anilines is 2. The van der Waals surface area contributed by atoms with Crippen molar-refractivity contribution >= 4 is 28.3 Å². The monoisotopic (exact) mass is 485 g/mol. The van der Waals surface area contributed by atoms with E-state index in [1.165, 1.54) is 29.7 Å². The second-order valence-corrected chi connectivity index (χ2v) is 9.38. The van der Waals surface area contributed by atoms with Gasteiger partial charge in [-0.1, -0.05) is 24.3 Å². The van der Waals surface area contributed by atoms with Crippen molar-refractivity contribution in [3.63, 3.8) is 0 Å². The summed E-state index contributed by atoms with van der Waals surface area (Å²) in [7, 11) is 0. The summed E-state index contributed by atoms with van der Waals surface area (Å²) in [6, 6.07) is 13.3. The minimum atomic E-state index is -0.264. The van der Waals surface area contributed by atoms with E-state index in [4.69, 9.17) is 0 Å². The minimum Gasteiger partial charge on any atom is -0.366 e.